The van der Waals surface area contributed by atoms with Crippen LogP contribution in [0.3, 0.4) is 0 Å². The van der Waals surface area contributed by atoms with Crippen LogP contribution >= 0.6 is 0 Å². The molecule has 0 unspecified atom stereocenters. The second-order valence-electron chi connectivity index (χ2n) is 5.52. The Balaban J connectivity index is 2.06. The molecule has 0 atom stereocenters. The smallest absolute Gasteiger partial charge is 0.340 e. The third kappa shape index (κ3) is 2.62. The van der Waals surface area contributed by atoms with E-state index < -0.39 is 0 Å². The van der Waals surface area contributed by atoms with Gasteiger partial charge in [0.2, 0.25) is 0 Å². The highest BCUT2D eigenvalue weighted by molar-refractivity contribution is 5.82. The summed E-state index contributed by atoms with van der Waals surface area (Å²) in [6.07, 6.45) is 1.55. The van der Waals surface area contributed by atoms with E-state index >= 15 is 0 Å². The van der Waals surface area contributed by atoms with E-state index in [9.17, 15) is 9.90 Å². The molecule has 0 aliphatic carbocycles. The fourth-order valence-corrected chi connectivity index (χ4v) is 2.68. The molecule has 2 aromatic carbocycles. The molecule has 1 aromatic heterocycles. The van der Waals surface area contributed by atoms with Crippen molar-refractivity contribution in [3.63, 3.8) is 0 Å². The van der Waals surface area contributed by atoms with Crippen molar-refractivity contribution in [1.29, 1.82) is 0 Å². The number of phenolic OH excluding ortho intramolecular Hbond substituents is 1. The number of fused-ring (bicyclic) bond motifs is 1. The highest BCUT2D eigenvalue weighted by atomic mass is 16.4. The van der Waals surface area contributed by atoms with Crippen LogP contribution in [0.4, 0.5) is 0 Å². The van der Waals surface area contributed by atoms with Gasteiger partial charge in [0.15, 0.2) is 0 Å². The van der Waals surface area contributed by atoms with E-state index in [1.165, 1.54) is 11.6 Å². The van der Waals surface area contributed by atoms with E-state index in [0.29, 0.717) is 17.6 Å². The summed E-state index contributed by atoms with van der Waals surface area (Å²) < 4.78 is 5.36. The molecular formula is C19H18O3. The van der Waals surface area contributed by atoms with Gasteiger partial charge in [-0.25, -0.2) is 4.79 Å². The zero-order valence-corrected chi connectivity index (χ0v) is 12.7. The molecule has 3 rings (SSSR count). The normalized spacial score (nSPS) is 11.0. The van der Waals surface area contributed by atoms with E-state index in [1.807, 2.05) is 6.92 Å². The first-order valence-corrected chi connectivity index (χ1v) is 7.41. The quantitative estimate of drug-likeness (QED) is 0.744. The average Bonchev–Trinajstić information content (AvgIpc) is 2.51. The molecule has 0 saturated carbocycles. The van der Waals surface area contributed by atoms with Crippen molar-refractivity contribution < 1.29 is 9.52 Å². The van der Waals surface area contributed by atoms with Gasteiger partial charge in [-0.2, -0.15) is 0 Å². The molecule has 0 saturated heterocycles. The van der Waals surface area contributed by atoms with Crippen LogP contribution in [0.15, 0.2) is 51.7 Å². The van der Waals surface area contributed by atoms with Crippen LogP contribution in [0.25, 0.3) is 11.0 Å². The molecule has 1 N–H and O–H groups in total. The zero-order chi connectivity index (χ0) is 15.7. The van der Waals surface area contributed by atoms with Crippen molar-refractivity contribution >= 4 is 11.0 Å². The Morgan fingerprint density at radius 3 is 2.41 bits per heavy atom. The molecule has 3 heteroatoms. The molecule has 0 spiro atoms. The Labute approximate surface area is 128 Å². The Morgan fingerprint density at radius 2 is 1.73 bits per heavy atom. The van der Waals surface area contributed by atoms with Gasteiger partial charge < -0.3 is 9.52 Å². The summed E-state index contributed by atoms with van der Waals surface area (Å²) in [6.45, 7) is 4.04. The fourth-order valence-electron chi connectivity index (χ4n) is 2.68. The number of rotatable bonds is 3. The Hall–Kier alpha value is -2.55. The summed E-state index contributed by atoms with van der Waals surface area (Å²) in [5, 5.41) is 10.4. The first kappa shape index (κ1) is 14.4. The van der Waals surface area contributed by atoms with Gasteiger partial charge in [-0.05, 0) is 42.2 Å². The highest BCUT2D eigenvalue weighted by Gasteiger charge is 2.12. The Bertz CT molecular complexity index is 874. The molecule has 112 valence electrons. The van der Waals surface area contributed by atoms with Crippen LogP contribution in [0.5, 0.6) is 5.75 Å². The summed E-state index contributed by atoms with van der Waals surface area (Å²) in [5.41, 5.74) is 4.03. The highest BCUT2D eigenvalue weighted by Crippen LogP contribution is 2.24. The van der Waals surface area contributed by atoms with Crippen LogP contribution in [0.1, 0.15) is 29.2 Å². The van der Waals surface area contributed by atoms with Crippen molar-refractivity contribution in [3.05, 3.63) is 75.1 Å². The number of benzene rings is 2. The lowest BCUT2D eigenvalue weighted by Crippen LogP contribution is -2.10. The van der Waals surface area contributed by atoms with Crippen LogP contribution in [-0.2, 0) is 12.8 Å². The van der Waals surface area contributed by atoms with Gasteiger partial charge in [0.1, 0.15) is 11.3 Å². The van der Waals surface area contributed by atoms with Crippen molar-refractivity contribution in [2.75, 3.05) is 0 Å². The van der Waals surface area contributed by atoms with Crippen molar-refractivity contribution in [3.8, 4) is 5.75 Å². The van der Waals surface area contributed by atoms with E-state index in [2.05, 4.69) is 31.2 Å². The van der Waals surface area contributed by atoms with Crippen LogP contribution in [0, 0.1) is 6.92 Å². The molecule has 0 radical (unpaired) electrons. The Morgan fingerprint density at radius 1 is 1.05 bits per heavy atom. The zero-order valence-electron chi connectivity index (χ0n) is 12.7. The molecule has 0 amide bonds. The predicted octanol–water partition coefficient (Wildman–Crippen LogP) is 3.96. The third-order valence-corrected chi connectivity index (χ3v) is 4.08. The maximum Gasteiger partial charge on any atom is 0.340 e. The van der Waals surface area contributed by atoms with Crippen LogP contribution < -0.4 is 5.63 Å². The van der Waals surface area contributed by atoms with Gasteiger partial charge >= 0.3 is 5.63 Å². The minimum atomic E-state index is -0.338. The summed E-state index contributed by atoms with van der Waals surface area (Å²) in [5.74, 6) is 0.0953. The molecule has 0 aliphatic heterocycles. The molecule has 3 aromatic rings. The second kappa shape index (κ2) is 5.68. The molecule has 0 aliphatic rings. The number of phenols is 1. The Kier molecular flexibility index (Phi) is 3.72. The predicted molar refractivity (Wildman–Crippen MR) is 87.5 cm³/mol. The van der Waals surface area contributed by atoms with Crippen LogP contribution in [-0.4, -0.2) is 5.11 Å². The van der Waals surface area contributed by atoms with E-state index in [1.54, 1.807) is 12.1 Å². The lowest BCUT2D eigenvalue weighted by Gasteiger charge is -2.08. The number of aryl methyl sites for hydroxylation is 2. The standard InChI is InChI=1S/C19H18O3/c1-3-13-4-6-14(7-5-13)10-17-12(2)16-9-8-15(20)11-18(16)22-19(17)21/h4-9,11,20H,3,10H2,1-2H3. The number of aromatic hydroxyl groups is 1. The molecule has 0 fully saturated rings. The number of hydrogen-bond acceptors (Lipinski definition) is 3. The van der Waals surface area contributed by atoms with Crippen molar-refractivity contribution in [2.45, 2.75) is 26.7 Å². The monoisotopic (exact) mass is 294 g/mol. The van der Waals surface area contributed by atoms with Gasteiger partial charge in [-0.1, -0.05) is 31.2 Å². The summed E-state index contributed by atoms with van der Waals surface area (Å²) >= 11 is 0. The SMILES string of the molecule is CCc1ccc(Cc2c(C)c3ccc(O)cc3oc2=O)cc1. The fraction of sp³-hybridized carbons (Fsp3) is 0.211. The topological polar surface area (TPSA) is 50.4 Å². The minimum absolute atomic E-state index is 0.0953. The molecule has 0 bridgehead atoms. The van der Waals surface area contributed by atoms with E-state index in [-0.39, 0.29) is 11.4 Å². The van der Waals surface area contributed by atoms with E-state index in [0.717, 1.165) is 22.9 Å². The maximum atomic E-state index is 12.2. The van der Waals surface area contributed by atoms with E-state index in [4.69, 9.17) is 4.42 Å². The minimum Gasteiger partial charge on any atom is -0.508 e. The van der Waals surface area contributed by atoms with Crippen molar-refractivity contribution in [1.82, 2.24) is 0 Å². The van der Waals surface area contributed by atoms with Gasteiger partial charge in [-0.3, -0.25) is 0 Å². The summed E-state index contributed by atoms with van der Waals surface area (Å²) in [6, 6.07) is 13.2. The lowest BCUT2D eigenvalue weighted by atomic mass is 9.98. The first-order valence-electron chi connectivity index (χ1n) is 7.41. The van der Waals surface area contributed by atoms with Gasteiger partial charge in [0.05, 0.1) is 0 Å². The summed E-state index contributed by atoms with van der Waals surface area (Å²) in [4.78, 5) is 12.2. The summed E-state index contributed by atoms with van der Waals surface area (Å²) in [7, 11) is 0. The largest absolute Gasteiger partial charge is 0.508 e. The first-order chi connectivity index (χ1) is 10.6. The molecular weight excluding hydrogens is 276 g/mol. The molecule has 3 nitrogen and oxygen atoms in total. The van der Waals surface area contributed by atoms with Crippen molar-refractivity contribution in [2.24, 2.45) is 0 Å². The maximum absolute atomic E-state index is 12.2. The van der Waals surface area contributed by atoms with Gasteiger partial charge in [0.25, 0.3) is 0 Å². The second-order valence-corrected chi connectivity index (χ2v) is 5.52. The van der Waals surface area contributed by atoms with Crippen LogP contribution in [0.2, 0.25) is 0 Å². The average molecular weight is 294 g/mol. The lowest BCUT2D eigenvalue weighted by molar-refractivity contribution is 0.472. The molecule has 1 heterocycles. The van der Waals surface area contributed by atoms with Gasteiger partial charge in [0, 0.05) is 23.4 Å². The third-order valence-electron chi connectivity index (χ3n) is 4.08. The van der Waals surface area contributed by atoms with Gasteiger partial charge in [-0.15, -0.1) is 0 Å². The number of hydrogen-bond donors (Lipinski definition) is 1. The molecule has 22 heavy (non-hydrogen) atoms.